The smallest absolute Gasteiger partial charge is 0.246 e. The Balaban J connectivity index is 1.69. The van der Waals surface area contributed by atoms with Crippen molar-refractivity contribution in [3.05, 3.63) is 84.3 Å². The number of carbonyl (C=O) groups excluding carboxylic acids is 1. The molecule has 0 aliphatic carbocycles. The summed E-state index contributed by atoms with van der Waals surface area (Å²) in [5.41, 5.74) is 2.43. The number of methoxy groups -OCH3 is 1. The van der Waals surface area contributed by atoms with Gasteiger partial charge in [-0.1, -0.05) is 25.5 Å². The van der Waals surface area contributed by atoms with E-state index in [4.69, 9.17) is 9.47 Å². The van der Waals surface area contributed by atoms with Crippen molar-refractivity contribution >= 4 is 16.8 Å². The summed E-state index contributed by atoms with van der Waals surface area (Å²) in [4.78, 5) is 12.1. The maximum atomic E-state index is 13.3. The number of nitrogens with one attached hydrogen (secondary N) is 1. The Morgan fingerprint density at radius 2 is 1.91 bits per heavy atom. The summed E-state index contributed by atoms with van der Waals surface area (Å²) in [5, 5.41) is 17.5. The van der Waals surface area contributed by atoms with Crippen molar-refractivity contribution in [3.63, 3.8) is 0 Å². The number of hydrogen-bond acceptors (Lipinski definition) is 5. The molecule has 1 aromatic heterocycles. The van der Waals surface area contributed by atoms with Gasteiger partial charge in [-0.05, 0) is 66.6 Å². The van der Waals surface area contributed by atoms with Gasteiger partial charge in [0.1, 0.15) is 30.0 Å². The number of nitrogens with zero attached hydrogens (tertiary/aromatic N) is 2. The molecule has 4 rings (SSSR count). The van der Waals surface area contributed by atoms with E-state index >= 15 is 0 Å². The van der Waals surface area contributed by atoms with Gasteiger partial charge in [-0.2, -0.15) is 5.10 Å². The molecule has 0 fully saturated rings. The molecular weight excluding hydrogens is 449 g/mol. The second kappa shape index (κ2) is 11.0. The van der Waals surface area contributed by atoms with Gasteiger partial charge in [0.25, 0.3) is 0 Å². The molecule has 0 saturated carbocycles. The first-order valence-electron chi connectivity index (χ1n) is 11.5. The molecule has 4 aromatic rings. The fraction of sp³-hybridized carbons (Fsp3) is 0.259. The van der Waals surface area contributed by atoms with Crippen molar-refractivity contribution in [2.24, 2.45) is 0 Å². The van der Waals surface area contributed by atoms with Gasteiger partial charge in [-0.3, -0.25) is 4.79 Å². The Labute approximate surface area is 203 Å². The van der Waals surface area contributed by atoms with Crippen LogP contribution in [0.4, 0.5) is 4.39 Å². The average Bonchev–Trinajstić information content (AvgIpc) is 3.30. The number of benzene rings is 3. The maximum Gasteiger partial charge on any atom is 0.246 e. The Morgan fingerprint density at radius 3 is 2.63 bits per heavy atom. The van der Waals surface area contributed by atoms with E-state index in [0.717, 1.165) is 28.6 Å². The number of aliphatic hydroxyl groups excluding tert-OH is 1. The zero-order chi connectivity index (χ0) is 24.8. The summed E-state index contributed by atoms with van der Waals surface area (Å²) in [5.74, 6) is 0.509. The molecule has 0 aliphatic rings. The van der Waals surface area contributed by atoms with Crippen LogP contribution in [-0.4, -0.2) is 40.6 Å². The number of fused-ring (bicyclic) bond motifs is 1. The predicted octanol–water partition coefficient (Wildman–Crippen LogP) is 4.57. The normalized spacial score (nSPS) is 12.8. The first-order chi connectivity index (χ1) is 17.0. The third kappa shape index (κ3) is 5.60. The van der Waals surface area contributed by atoms with Crippen LogP contribution >= 0.6 is 0 Å². The van der Waals surface area contributed by atoms with E-state index in [1.807, 2.05) is 49.4 Å². The van der Waals surface area contributed by atoms with E-state index in [1.54, 1.807) is 30.1 Å². The van der Waals surface area contributed by atoms with Crippen molar-refractivity contribution in [2.75, 3.05) is 13.7 Å². The highest BCUT2D eigenvalue weighted by atomic mass is 19.1. The second-order valence-corrected chi connectivity index (χ2v) is 8.19. The Hall–Kier alpha value is -3.91. The number of hydrogen-bond donors (Lipinski definition) is 2. The van der Waals surface area contributed by atoms with Gasteiger partial charge in [0.15, 0.2) is 0 Å². The number of ether oxygens (including phenoxy) is 2. The van der Waals surface area contributed by atoms with Gasteiger partial charge in [0, 0.05) is 5.39 Å². The molecule has 1 heterocycles. The molecule has 7 nitrogen and oxygen atoms in total. The van der Waals surface area contributed by atoms with E-state index in [-0.39, 0.29) is 11.9 Å². The molecule has 182 valence electrons. The Morgan fingerprint density at radius 1 is 1.11 bits per heavy atom. The van der Waals surface area contributed by atoms with Crippen LogP contribution in [-0.2, 0) is 4.79 Å². The number of aromatic nitrogens is 2. The van der Waals surface area contributed by atoms with Crippen molar-refractivity contribution in [2.45, 2.75) is 31.9 Å². The molecule has 2 unspecified atom stereocenters. The van der Waals surface area contributed by atoms with Crippen LogP contribution in [0.25, 0.3) is 16.6 Å². The molecule has 0 saturated heterocycles. The Kier molecular flexibility index (Phi) is 7.62. The largest absolute Gasteiger partial charge is 0.497 e. The van der Waals surface area contributed by atoms with E-state index in [9.17, 15) is 14.3 Å². The summed E-state index contributed by atoms with van der Waals surface area (Å²) in [6.45, 7) is 1.43. The lowest BCUT2D eigenvalue weighted by Crippen LogP contribution is -2.42. The molecule has 1 amide bonds. The molecule has 0 radical (unpaired) electrons. The van der Waals surface area contributed by atoms with Gasteiger partial charge in [-0.25, -0.2) is 9.07 Å². The standard InChI is InChI=1S/C27H28FN3O4/c1-3-5-24(30-26(33)17-32)27(18-6-4-7-22(14-18)34-2)35-23-12-13-25-19(15-23)16-29-31(25)21-10-8-20(28)9-11-21/h4,6-16,24,27,32H,3,5,17H2,1-2H3,(H,30,33). The quantitative estimate of drug-likeness (QED) is 0.350. The van der Waals surface area contributed by atoms with Crippen LogP contribution in [0.5, 0.6) is 11.5 Å². The van der Waals surface area contributed by atoms with Crippen LogP contribution in [0.3, 0.4) is 0 Å². The highest BCUT2D eigenvalue weighted by Gasteiger charge is 2.27. The number of amides is 1. The van der Waals surface area contributed by atoms with Gasteiger partial charge < -0.3 is 19.9 Å². The van der Waals surface area contributed by atoms with Gasteiger partial charge in [0.2, 0.25) is 5.91 Å². The SMILES string of the molecule is CCCC(NC(=O)CO)C(Oc1ccc2c(cnn2-c2ccc(F)cc2)c1)c1cccc(OC)c1. The predicted molar refractivity (Wildman–Crippen MR) is 131 cm³/mol. The van der Waals surface area contributed by atoms with Gasteiger partial charge in [-0.15, -0.1) is 0 Å². The van der Waals surface area contributed by atoms with Crippen molar-refractivity contribution in [1.29, 1.82) is 0 Å². The zero-order valence-electron chi connectivity index (χ0n) is 19.6. The fourth-order valence-electron chi connectivity index (χ4n) is 4.08. The summed E-state index contributed by atoms with van der Waals surface area (Å²) >= 11 is 0. The minimum atomic E-state index is -0.598. The third-order valence-electron chi connectivity index (χ3n) is 5.75. The molecule has 35 heavy (non-hydrogen) atoms. The van der Waals surface area contributed by atoms with E-state index in [1.165, 1.54) is 12.1 Å². The minimum absolute atomic E-state index is 0.306. The molecule has 3 aromatic carbocycles. The molecule has 2 N–H and O–H groups in total. The molecule has 8 heteroatoms. The Bertz CT molecular complexity index is 1290. The number of aliphatic hydroxyl groups is 1. The molecule has 0 aliphatic heterocycles. The van der Waals surface area contributed by atoms with Gasteiger partial charge >= 0.3 is 0 Å². The summed E-state index contributed by atoms with van der Waals surface area (Å²) < 4.78 is 26.9. The summed E-state index contributed by atoms with van der Waals surface area (Å²) in [6.07, 6.45) is 2.66. The molecule has 0 spiro atoms. The first kappa shape index (κ1) is 24.2. The molecule has 2 atom stereocenters. The monoisotopic (exact) mass is 477 g/mol. The van der Waals surface area contributed by atoms with Crippen LogP contribution < -0.4 is 14.8 Å². The second-order valence-electron chi connectivity index (χ2n) is 8.19. The highest BCUT2D eigenvalue weighted by molar-refractivity contribution is 5.81. The van der Waals surface area contributed by atoms with Crippen molar-refractivity contribution in [3.8, 4) is 17.2 Å². The van der Waals surface area contributed by atoms with Crippen molar-refractivity contribution in [1.82, 2.24) is 15.1 Å². The van der Waals surface area contributed by atoms with Crippen LogP contribution in [0, 0.1) is 5.82 Å². The van der Waals surface area contributed by atoms with Crippen LogP contribution in [0.15, 0.2) is 72.9 Å². The van der Waals surface area contributed by atoms with E-state index in [2.05, 4.69) is 10.4 Å². The highest BCUT2D eigenvalue weighted by Crippen LogP contribution is 2.31. The van der Waals surface area contributed by atoms with E-state index < -0.39 is 18.6 Å². The lowest BCUT2D eigenvalue weighted by atomic mass is 9.97. The number of halogens is 1. The van der Waals surface area contributed by atoms with E-state index in [0.29, 0.717) is 17.9 Å². The minimum Gasteiger partial charge on any atom is -0.497 e. The number of carbonyl (C=O) groups is 1. The summed E-state index contributed by atoms with van der Waals surface area (Å²) in [6, 6.07) is 18.9. The zero-order valence-corrected chi connectivity index (χ0v) is 19.6. The lowest BCUT2D eigenvalue weighted by Gasteiger charge is -2.29. The summed E-state index contributed by atoms with van der Waals surface area (Å²) in [7, 11) is 1.60. The van der Waals surface area contributed by atoms with Crippen LogP contribution in [0.1, 0.15) is 31.4 Å². The van der Waals surface area contributed by atoms with Gasteiger partial charge in [0.05, 0.1) is 30.6 Å². The van der Waals surface area contributed by atoms with Crippen molar-refractivity contribution < 1.29 is 23.8 Å². The maximum absolute atomic E-state index is 13.3. The lowest BCUT2D eigenvalue weighted by molar-refractivity contribution is -0.125. The topological polar surface area (TPSA) is 85.6 Å². The molecule has 0 bridgehead atoms. The van der Waals surface area contributed by atoms with Crippen LogP contribution in [0.2, 0.25) is 0 Å². The first-order valence-corrected chi connectivity index (χ1v) is 11.5. The number of rotatable bonds is 10. The average molecular weight is 478 g/mol. The third-order valence-corrected chi connectivity index (χ3v) is 5.75. The fourth-order valence-corrected chi connectivity index (χ4v) is 4.08. The molecular formula is C27H28FN3O4.